The van der Waals surface area contributed by atoms with Crippen molar-refractivity contribution in [2.45, 2.75) is 17.0 Å². The van der Waals surface area contributed by atoms with Crippen LogP contribution in [0.4, 0.5) is 5.82 Å². The van der Waals surface area contributed by atoms with Crippen LogP contribution in [0, 0.1) is 6.92 Å². The first-order valence-corrected chi connectivity index (χ1v) is 12.2. The van der Waals surface area contributed by atoms with Gasteiger partial charge in [0.25, 0.3) is 0 Å². The fourth-order valence-electron chi connectivity index (χ4n) is 3.36. The number of nitrogens with two attached hydrogens (primary N) is 1. The molecule has 0 radical (unpaired) electrons. The van der Waals surface area contributed by atoms with E-state index >= 15 is 0 Å². The maximum absolute atomic E-state index is 13.0. The molecule has 2 aromatic rings. The van der Waals surface area contributed by atoms with E-state index in [4.69, 9.17) is 15.2 Å². The highest BCUT2D eigenvalue weighted by Gasteiger charge is 2.31. The topological polar surface area (TPSA) is 128 Å². The van der Waals surface area contributed by atoms with Gasteiger partial charge >= 0.3 is 0 Å². The molecule has 1 amide bonds. The van der Waals surface area contributed by atoms with E-state index in [1.54, 1.807) is 17.0 Å². The van der Waals surface area contributed by atoms with Crippen molar-refractivity contribution in [3.05, 3.63) is 30.0 Å². The van der Waals surface area contributed by atoms with Crippen molar-refractivity contribution in [1.29, 1.82) is 0 Å². The van der Waals surface area contributed by atoms with E-state index in [9.17, 15) is 13.2 Å². The predicted molar refractivity (Wildman–Crippen MR) is 115 cm³/mol. The number of carbonyl (C=O) groups excluding carboxylic acids is 1. The summed E-state index contributed by atoms with van der Waals surface area (Å²) < 4.78 is 38.4. The summed E-state index contributed by atoms with van der Waals surface area (Å²) in [5, 5.41) is 0.450. The molecule has 1 saturated heterocycles. The lowest BCUT2D eigenvalue weighted by atomic mass is 10.3. The third kappa shape index (κ3) is 4.86. The lowest BCUT2D eigenvalue weighted by Gasteiger charge is -2.34. The number of piperazine rings is 1. The quantitative estimate of drug-likeness (QED) is 0.503. The number of carbonyl (C=O) groups is 1. The lowest BCUT2D eigenvalue weighted by molar-refractivity contribution is -0.129. The van der Waals surface area contributed by atoms with E-state index in [2.05, 4.69) is 9.97 Å². The van der Waals surface area contributed by atoms with Crippen LogP contribution in [0.3, 0.4) is 0 Å². The second-order valence-electron chi connectivity index (χ2n) is 7.10. The molecule has 0 bridgehead atoms. The average molecular weight is 466 g/mol. The normalized spacial score (nSPS) is 16.9. The molecule has 1 aromatic carbocycles. The number of aryl methyl sites for hydroxylation is 1. The van der Waals surface area contributed by atoms with Crippen LogP contribution in [0.5, 0.6) is 11.5 Å². The van der Waals surface area contributed by atoms with Crippen LogP contribution in [0.2, 0.25) is 0 Å². The molecule has 1 fully saturated rings. The monoisotopic (exact) mass is 465 g/mol. The molecule has 31 heavy (non-hydrogen) atoms. The van der Waals surface area contributed by atoms with E-state index in [0.717, 1.165) is 5.69 Å². The minimum atomic E-state index is -3.69. The van der Waals surface area contributed by atoms with Crippen LogP contribution in [0.1, 0.15) is 5.69 Å². The van der Waals surface area contributed by atoms with Gasteiger partial charge in [-0.05, 0) is 19.1 Å². The van der Waals surface area contributed by atoms with Gasteiger partial charge in [-0.2, -0.15) is 4.31 Å². The standard InChI is InChI=1S/C19H23N5O5S2/c1-13-10-17(20)22-19(21-13)30-12-18(25)23-4-6-24(7-5-23)31(26,27)14-2-3-15-16(11-14)29-9-8-28-15/h2-3,10-11H,4-9,12H2,1H3,(H2,20,21,22). The van der Waals surface area contributed by atoms with Gasteiger partial charge in [-0.3, -0.25) is 4.79 Å². The summed E-state index contributed by atoms with van der Waals surface area (Å²) in [4.78, 5) is 22.7. The molecule has 10 nitrogen and oxygen atoms in total. The summed E-state index contributed by atoms with van der Waals surface area (Å²) in [7, 11) is -3.69. The van der Waals surface area contributed by atoms with Crippen molar-refractivity contribution in [2.24, 2.45) is 0 Å². The van der Waals surface area contributed by atoms with Crippen molar-refractivity contribution >= 4 is 33.5 Å². The van der Waals surface area contributed by atoms with Gasteiger partial charge in [-0.25, -0.2) is 18.4 Å². The summed E-state index contributed by atoms with van der Waals surface area (Å²) >= 11 is 1.22. The molecule has 0 unspecified atom stereocenters. The number of fused-ring (bicyclic) bond motifs is 1. The van der Waals surface area contributed by atoms with Crippen molar-refractivity contribution < 1.29 is 22.7 Å². The number of hydrogen-bond donors (Lipinski definition) is 1. The van der Waals surface area contributed by atoms with Gasteiger partial charge in [0.05, 0.1) is 10.6 Å². The average Bonchev–Trinajstić information content (AvgIpc) is 2.76. The Morgan fingerprint density at radius 3 is 2.52 bits per heavy atom. The molecule has 0 atom stereocenters. The largest absolute Gasteiger partial charge is 0.486 e. The number of rotatable bonds is 5. The molecule has 0 spiro atoms. The molecule has 4 rings (SSSR count). The van der Waals surface area contributed by atoms with Gasteiger partial charge in [-0.1, -0.05) is 11.8 Å². The first-order valence-electron chi connectivity index (χ1n) is 9.74. The Hall–Kier alpha value is -2.57. The van der Waals surface area contributed by atoms with Gasteiger partial charge in [-0.15, -0.1) is 0 Å². The fourth-order valence-corrected chi connectivity index (χ4v) is 5.61. The highest BCUT2D eigenvalue weighted by atomic mass is 32.2. The van der Waals surface area contributed by atoms with Crippen molar-refractivity contribution in [2.75, 3.05) is 50.9 Å². The zero-order valence-electron chi connectivity index (χ0n) is 17.0. The van der Waals surface area contributed by atoms with Crippen molar-refractivity contribution in [3.8, 4) is 11.5 Å². The van der Waals surface area contributed by atoms with Crippen LogP contribution in [-0.4, -0.2) is 78.6 Å². The van der Waals surface area contributed by atoms with E-state index in [1.165, 1.54) is 28.2 Å². The fraction of sp³-hybridized carbons (Fsp3) is 0.421. The van der Waals surface area contributed by atoms with Gasteiger partial charge in [0, 0.05) is 44.0 Å². The molecule has 12 heteroatoms. The van der Waals surface area contributed by atoms with Crippen molar-refractivity contribution in [3.63, 3.8) is 0 Å². The third-order valence-electron chi connectivity index (χ3n) is 4.92. The second-order valence-corrected chi connectivity index (χ2v) is 9.98. The summed E-state index contributed by atoms with van der Waals surface area (Å²) in [5.74, 6) is 1.40. The van der Waals surface area contributed by atoms with Gasteiger partial charge in [0.1, 0.15) is 19.0 Å². The zero-order valence-corrected chi connectivity index (χ0v) is 18.6. The first-order chi connectivity index (χ1) is 14.8. The number of hydrogen-bond acceptors (Lipinski definition) is 9. The minimum absolute atomic E-state index is 0.0925. The molecular formula is C19H23N5O5S2. The van der Waals surface area contributed by atoms with E-state index in [0.29, 0.717) is 48.8 Å². The molecule has 166 valence electrons. The van der Waals surface area contributed by atoms with Crippen LogP contribution in [0.25, 0.3) is 0 Å². The van der Waals surface area contributed by atoms with Crippen LogP contribution in [0.15, 0.2) is 34.3 Å². The van der Waals surface area contributed by atoms with Gasteiger partial charge in [0.2, 0.25) is 15.9 Å². The maximum Gasteiger partial charge on any atom is 0.243 e. The van der Waals surface area contributed by atoms with E-state index in [1.807, 2.05) is 6.92 Å². The maximum atomic E-state index is 13.0. The van der Waals surface area contributed by atoms with Crippen LogP contribution in [-0.2, 0) is 14.8 Å². The van der Waals surface area contributed by atoms with Gasteiger partial charge in [0.15, 0.2) is 16.7 Å². The Labute approximate surface area is 184 Å². The summed E-state index contributed by atoms with van der Waals surface area (Å²) in [6, 6.07) is 6.28. The number of benzene rings is 1. The van der Waals surface area contributed by atoms with E-state index in [-0.39, 0.29) is 29.6 Å². The molecule has 2 aliphatic heterocycles. The molecular weight excluding hydrogens is 442 g/mol. The molecule has 0 saturated carbocycles. The number of nitrogens with zero attached hydrogens (tertiary/aromatic N) is 4. The highest BCUT2D eigenvalue weighted by Crippen LogP contribution is 2.33. The van der Waals surface area contributed by atoms with Crippen LogP contribution >= 0.6 is 11.8 Å². The Kier molecular flexibility index (Phi) is 6.21. The molecule has 2 aliphatic rings. The van der Waals surface area contributed by atoms with Gasteiger partial charge < -0.3 is 20.1 Å². The van der Waals surface area contributed by atoms with Crippen LogP contribution < -0.4 is 15.2 Å². The Morgan fingerprint density at radius 2 is 1.81 bits per heavy atom. The number of thioether (sulfide) groups is 1. The highest BCUT2D eigenvalue weighted by molar-refractivity contribution is 7.99. The number of aromatic nitrogens is 2. The number of nitrogen functional groups attached to an aromatic ring is 1. The first kappa shape index (κ1) is 21.7. The minimum Gasteiger partial charge on any atom is -0.486 e. The summed E-state index contributed by atoms with van der Waals surface area (Å²) in [5.41, 5.74) is 6.45. The molecule has 3 heterocycles. The second kappa shape index (κ2) is 8.89. The molecule has 1 aromatic heterocycles. The molecule has 2 N–H and O–H groups in total. The number of amides is 1. The van der Waals surface area contributed by atoms with E-state index < -0.39 is 10.0 Å². The smallest absolute Gasteiger partial charge is 0.243 e. The third-order valence-corrected chi connectivity index (χ3v) is 7.65. The Bertz CT molecular complexity index is 1070. The lowest BCUT2D eigenvalue weighted by Crippen LogP contribution is -2.51. The number of ether oxygens (including phenoxy) is 2. The zero-order chi connectivity index (χ0) is 22.0. The predicted octanol–water partition coefficient (Wildman–Crippen LogP) is 0.764. The number of anilines is 1. The SMILES string of the molecule is Cc1cc(N)nc(SCC(=O)N2CCN(S(=O)(=O)c3ccc4c(c3)OCCO4)CC2)n1. The number of sulfonamides is 1. The summed E-state index contributed by atoms with van der Waals surface area (Å²) in [6.07, 6.45) is 0. The Morgan fingerprint density at radius 1 is 1.10 bits per heavy atom. The van der Waals surface area contributed by atoms with Crippen molar-refractivity contribution in [1.82, 2.24) is 19.2 Å². The summed E-state index contributed by atoms with van der Waals surface area (Å²) in [6.45, 7) is 3.72. The molecule has 0 aliphatic carbocycles. The Balaban J connectivity index is 1.35.